The number of nitro benzene ring substituents is 1. The number of piperidine rings is 1. The molecule has 5 aromatic carbocycles. The molecule has 13 nitrogen and oxygen atoms in total. The number of piperazine rings is 1. The second-order valence-corrected chi connectivity index (χ2v) is 25.5. The van der Waals surface area contributed by atoms with Crippen molar-refractivity contribution in [3.05, 3.63) is 147 Å². The summed E-state index contributed by atoms with van der Waals surface area (Å²) < 4.78 is 67.6. The minimum absolute atomic E-state index is 0.0652. The Morgan fingerprint density at radius 2 is 1.51 bits per heavy atom. The molecule has 4 heterocycles. The van der Waals surface area contributed by atoms with Crippen LogP contribution in [0.25, 0.3) is 22.4 Å². The Morgan fingerprint density at radius 1 is 0.849 bits per heavy atom. The van der Waals surface area contributed by atoms with Crippen LogP contribution in [0.3, 0.4) is 0 Å². The average Bonchev–Trinajstić information content (AvgIpc) is 3.93. The van der Waals surface area contributed by atoms with Crippen LogP contribution < -0.4 is 19.8 Å². The van der Waals surface area contributed by atoms with E-state index in [1.165, 1.54) is 24.5 Å². The maximum Gasteiger partial charge on any atom is 0.326 e. The topological polar surface area (TPSA) is 142 Å². The van der Waals surface area contributed by atoms with Crippen LogP contribution in [-0.2, 0) is 25.3 Å². The van der Waals surface area contributed by atoms with E-state index in [0.717, 1.165) is 60.8 Å². The van der Waals surface area contributed by atoms with Crippen LogP contribution in [0.5, 0.6) is 0 Å². The highest BCUT2D eigenvalue weighted by Gasteiger charge is 2.41. The monoisotopic (exact) mass is 1070 g/mol. The Labute approximate surface area is 437 Å². The molecule has 9 rings (SSSR count). The van der Waals surface area contributed by atoms with Crippen LogP contribution in [0.1, 0.15) is 50.4 Å². The van der Waals surface area contributed by atoms with Gasteiger partial charge in [-0.05, 0) is 143 Å². The molecule has 1 N–H and O–H groups in total. The van der Waals surface area contributed by atoms with E-state index in [-0.39, 0.29) is 45.5 Å². The van der Waals surface area contributed by atoms with Crippen molar-refractivity contribution >= 4 is 68.8 Å². The molecule has 0 bridgehead atoms. The Bertz CT molecular complexity index is 3090. The Kier molecular flexibility index (Phi) is 16.1. The Balaban J connectivity index is 0.902. The maximum atomic E-state index is 15.8. The maximum absolute atomic E-state index is 15.8. The molecule has 6 aromatic rings. The van der Waals surface area contributed by atoms with E-state index in [2.05, 4.69) is 26.8 Å². The number of aromatic nitrogens is 1. The van der Waals surface area contributed by atoms with Crippen LogP contribution >= 0.6 is 30.9 Å². The van der Waals surface area contributed by atoms with Crippen molar-refractivity contribution in [1.29, 1.82) is 0 Å². The third-order valence-electron chi connectivity index (χ3n) is 14.4. The van der Waals surface area contributed by atoms with E-state index in [1.54, 1.807) is 47.6 Å². The van der Waals surface area contributed by atoms with Crippen molar-refractivity contribution in [2.75, 3.05) is 85.4 Å². The smallest absolute Gasteiger partial charge is 0.326 e. The predicted molar refractivity (Wildman–Crippen MR) is 294 cm³/mol. The van der Waals surface area contributed by atoms with Crippen LogP contribution in [0.4, 0.5) is 27.1 Å². The molecule has 73 heavy (non-hydrogen) atoms. The van der Waals surface area contributed by atoms with Gasteiger partial charge >= 0.3 is 7.52 Å². The summed E-state index contributed by atoms with van der Waals surface area (Å²) in [7, 11) is -7.47. The van der Waals surface area contributed by atoms with E-state index < -0.39 is 23.2 Å². The van der Waals surface area contributed by atoms with Crippen molar-refractivity contribution in [3.8, 4) is 22.4 Å². The van der Waals surface area contributed by atoms with Gasteiger partial charge in [-0.2, -0.15) is 0 Å². The zero-order chi connectivity index (χ0) is 51.6. The van der Waals surface area contributed by atoms with Crippen molar-refractivity contribution in [2.45, 2.75) is 68.4 Å². The van der Waals surface area contributed by atoms with Crippen molar-refractivity contribution in [1.82, 2.24) is 9.47 Å². The number of anilines is 3. The zero-order valence-corrected chi connectivity index (χ0v) is 45.0. The summed E-state index contributed by atoms with van der Waals surface area (Å²) in [6.45, 7) is 11.2. The standard InChI is InChI=1S/C55H63ClFN6O7PS2/c1-38(2)62-39(3)55(73(4,68)69)53(54(62)41-10-13-44(56)14-11-41)43-33-45(57)35-48(34-43)60-28-26-59(27-29-60)46-15-17-47(18-16-46)61-30-31-70-71(61,67)50-19-12-42(52(36-50)63(65)66)32-40(37-72-51-8-6-5-7-9-51)20-23-58-24-21-49(64)22-25-58/h5-19,33-36,38,40,49,64H,20-32,37H2,1-4H3/t40-,71-/m0/s1. The third-order valence-corrected chi connectivity index (χ3v) is 19.6. The van der Waals surface area contributed by atoms with Gasteiger partial charge in [0.05, 0.1) is 40.1 Å². The normalized spacial score (nSPS) is 18.5. The second kappa shape index (κ2) is 22.3. The van der Waals surface area contributed by atoms with Gasteiger partial charge in [-0.15, -0.1) is 11.8 Å². The molecule has 3 aliphatic heterocycles. The Morgan fingerprint density at radius 3 is 2.15 bits per heavy atom. The first-order chi connectivity index (χ1) is 35.0. The van der Waals surface area contributed by atoms with Crippen LogP contribution in [0, 0.1) is 28.8 Å². The first-order valence-electron chi connectivity index (χ1n) is 25.0. The second-order valence-electron chi connectivity index (χ2n) is 19.7. The number of rotatable bonds is 17. The molecule has 0 aliphatic carbocycles. The largest absolute Gasteiger partial charge is 0.393 e. The molecule has 1 aromatic heterocycles. The summed E-state index contributed by atoms with van der Waals surface area (Å²) in [5.41, 5.74) is 5.77. The molecule has 0 saturated carbocycles. The van der Waals surface area contributed by atoms with E-state index in [9.17, 15) is 28.2 Å². The van der Waals surface area contributed by atoms with Crippen molar-refractivity contribution in [2.24, 2.45) is 5.92 Å². The first kappa shape index (κ1) is 52.7. The minimum atomic E-state index is -3.75. The molecular weight excluding hydrogens is 1010 g/mol. The minimum Gasteiger partial charge on any atom is -0.393 e. The quantitative estimate of drug-likeness (QED) is 0.0402. The van der Waals surface area contributed by atoms with Gasteiger partial charge in [-0.1, -0.05) is 48.0 Å². The van der Waals surface area contributed by atoms with Crippen LogP contribution in [0.15, 0.2) is 125 Å². The lowest BCUT2D eigenvalue weighted by Gasteiger charge is -2.37. The van der Waals surface area contributed by atoms with Gasteiger partial charge in [0.15, 0.2) is 9.84 Å². The molecule has 0 radical (unpaired) electrons. The van der Waals surface area contributed by atoms with Crippen LogP contribution in [0.2, 0.25) is 5.02 Å². The molecule has 0 amide bonds. The summed E-state index contributed by atoms with van der Waals surface area (Å²) in [6.07, 6.45) is 3.78. The van der Waals surface area contributed by atoms with E-state index >= 15 is 4.39 Å². The molecule has 18 heteroatoms. The number of aliphatic hydroxyl groups excluding tert-OH is 1. The molecule has 3 saturated heterocycles. The van der Waals surface area contributed by atoms with Crippen molar-refractivity contribution in [3.63, 3.8) is 0 Å². The molecule has 2 atom stereocenters. The Hall–Kier alpha value is -5.19. The van der Waals surface area contributed by atoms with Gasteiger partial charge in [0.1, 0.15) is 5.82 Å². The number of hydrogen-bond donors (Lipinski definition) is 1. The third kappa shape index (κ3) is 11.7. The fraction of sp³-hybridized carbons (Fsp3) is 0.382. The summed E-state index contributed by atoms with van der Waals surface area (Å²) in [4.78, 5) is 20.4. The van der Waals surface area contributed by atoms with Crippen LogP contribution in [-0.4, -0.2) is 105 Å². The van der Waals surface area contributed by atoms with E-state index in [1.807, 2.05) is 79.1 Å². The van der Waals surface area contributed by atoms with E-state index in [4.69, 9.17) is 16.1 Å². The summed E-state index contributed by atoms with van der Waals surface area (Å²) in [6, 6.07) is 34.8. The number of halogens is 2. The molecule has 3 aliphatic rings. The van der Waals surface area contributed by atoms with Gasteiger partial charge in [0.2, 0.25) is 0 Å². The van der Waals surface area contributed by atoms with Gasteiger partial charge < -0.3 is 28.9 Å². The number of hydrogen-bond acceptors (Lipinski definition) is 11. The molecule has 386 valence electrons. The molecule has 0 unspecified atom stereocenters. The number of thioether (sulfide) groups is 1. The highest BCUT2D eigenvalue weighted by molar-refractivity contribution is 7.99. The lowest BCUT2D eigenvalue weighted by molar-refractivity contribution is -0.385. The average molecular weight is 1070 g/mol. The zero-order valence-electron chi connectivity index (χ0n) is 41.7. The van der Waals surface area contributed by atoms with Crippen molar-refractivity contribution < 1.29 is 31.9 Å². The number of nitro groups is 1. The number of nitrogens with zero attached hydrogens (tertiary/aromatic N) is 6. The lowest BCUT2D eigenvalue weighted by Crippen LogP contribution is -2.46. The highest BCUT2D eigenvalue weighted by atomic mass is 35.5. The molecular formula is C55H63ClFN6O7PS2. The fourth-order valence-electron chi connectivity index (χ4n) is 10.7. The highest BCUT2D eigenvalue weighted by Crippen LogP contribution is 2.56. The number of sulfone groups is 1. The lowest BCUT2D eigenvalue weighted by atomic mass is 9.96. The van der Waals surface area contributed by atoms with Gasteiger partial charge in [-0.3, -0.25) is 19.3 Å². The van der Waals surface area contributed by atoms with Gasteiger partial charge in [0, 0.05) is 107 Å². The predicted octanol–water partition coefficient (Wildman–Crippen LogP) is 11.3. The fourth-order valence-corrected chi connectivity index (χ4v) is 15.4. The summed E-state index contributed by atoms with van der Waals surface area (Å²) in [5, 5.41) is 23.6. The van der Waals surface area contributed by atoms with Gasteiger partial charge in [0.25, 0.3) is 5.69 Å². The number of aliphatic hydroxyl groups is 1. The first-order valence-corrected chi connectivity index (χ1v) is 29.8. The SMILES string of the molecule is Cc1c(S(C)(=O)=O)c(-c2cc(F)cc(N3CCN(c4ccc(N5CCO[P@@]5(=O)c5ccc(C[C@H](CCN6CCC(O)CC6)CSc6ccccc6)c([N+](=O)[O-])c5)cc4)CC3)c2)c(-c2ccc(Cl)cc2)n1C(C)C. The van der Waals surface area contributed by atoms with E-state index in [0.29, 0.717) is 83.6 Å². The molecule has 0 spiro atoms. The molecule has 3 fully saturated rings. The summed E-state index contributed by atoms with van der Waals surface area (Å²) in [5.74, 6) is 0.447. The van der Waals surface area contributed by atoms with Gasteiger partial charge in [-0.25, -0.2) is 12.8 Å². The summed E-state index contributed by atoms with van der Waals surface area (Å²) >= 11 is 8.02. The number of likely N-dealkylation sites (tertiary alicyclic amines) is 1. The number of benzene rings is 5.